The molecule has 3 rings (SSSR count). The molecule has 1 aromatic carbocycles. The molecule has 2 aromatic heterocycles. The third-order valence-electron chi connectivity index (χ3n) is 3.79. The Kier molecular flexibility index (Phi) is 5.18. The van der Waals surface area contributed by atoms with E-state index < -0.39 is 27.8 Å². The van der Waals surface area contributed by atoms with Crippen LogP contribution in [0.15, 0.2) is 58.2 Å². The average molecular weight is 423 g/mol. The molecule has 0 unspecified atom stereocenters. The van der Waals surface area contributed by atoms with E-state index >= 15 is 0 Å². The Hall–Kier alpha value is -3.21. The first-order valence-electron chi connectivity index (χ1n) is 8.15. The topological polar surface area (TPSA) is 100 Å². The Labute approximate surface area is 164 Å². The summed E-state index contributed by atoms with van der Waals surface area (Å²) in [6.45, 7) is 2.74. The number of aromatic nitrogens is 3. The lowest BCUT2D eigenvalue weighted by Crippen LogP contribution is -2.14. The number of pyridine rings is 1. The minimum absolute atomic E-state index is 0.00226. The predicted octanol–water partition coefficient (Wildman–Crippen LogP) is 2.73. The second-order valence-electron chi connectivity index (χ2n) is 6.15. The Balaban J connectivity index is 2.13. The van der Waals surface area contributed by atoms with Crippen molar-refractivity contribution in [3.63, 3.8) is 0 Å². The molecule has 0 spiro atoms. The third kappa shape index (κ3) is 4.45. The van der Waals surface area contributed by atoms with Crippen LogP contribution in [0.3, 0.4) is 0 Å². The van der Waals surface area contributed by atoms with Gasteiger partial charge in [0.05, 0.1) is 4.90 Å². The number of imidazole rings is 1. The van der Waals surface area contributed by atoms with Crippen LogP contribution in [0.25, 0.3) is 17.1 Å². The summed E-state index contributed by atoms with van der Waals surface area (Å²) in [4.78, 5) is 7.42. The standard InChI is InChI=1S/C18H15F3N4O3S/c1-11-7-13(9-22-8-11)17-23-16(18(19,20)21)10-25(17)14-3-5-15(6-4-14)29(27,28)24-12(2)26/h3-10H,1-2H3,(H,24,26)/p-1. The molecule has 0 saturated heterocycles. The monoisotopic (exact) mass is 423 g/mol. The van der Waals surface area contributed by atoms with Crippen LogP contribution in [-0.4, -0.2) is 28.9 Å². The minimum atomic E-state index is -4.67. The molecule has 152 valence electrons. The van der Waals surface area contributed by atoms with E-state index in [9.17, 15) is 26.7 Å². The molecule has 0 bridgehead atoms. The van der Waals surface area contributed by atoms with Crippen molar-refractivity contribution < 1.29 is 26.7 Å². The van der Waals surface area contributed by atoms with Gasteiger partial charge in [-0.1, -0.05) is 0 Å². The van der Waals surface area contributed by atoms with Crippen molar-refractivity contribution in [3.05, 3.63) is 60.2 Å². The zero-order valence-corrected chi connectivity index (χ0v) is 16.0. The van der Waals surface area contributed by atoms with Crippen molar-refractivity contribution in [2.24, 2.45) is 4.40 Å². The van der Waals surface area contributed by atoms with Gasteiger partial charge in [0, 0.05) is 29.8 Å². The van der Waals surface area contributed by atoms with Crippen LogP contribution in [0.4, 0.5) is 13.2 Å². The van der Waals surface area contributed by atoms with E-state index in [0.717, 1.165) is 30.8 Å². The molecule has 0 atom stereocenters. The van der Waals surface area contributed by atoms with Crippen molar-refractivity contribution in [1.29, 1.82) is 0 Å². The fourth-order valence-corrected chi connectivity index (χ4v) is 3.52. The van der Waals surface area contributed by atoms with Crippen LogP contribution in [0, 0.1) is 6.92 Å². The first-order valence-corrected chi connectivity index (χ1v) is 9.59. The number of hydrogen-bond donors (Lipinski definition) is 0. The van der Waals surface area contributed by atoms with Gasteiger partial charge in [0.1, 0.15) is 5.82 Å². The van der Waals surface area contributed by atoms with Crippen LogP contribution < -0.4 is 5.11 Å². The highest BCUT2D eigenvalue weighted by Gasteiger charge is 2.35. The average Bonchev–Trinajstić information content (AvgIpc) is 3.06. The number of hydrogen-bond acceptors (Lipinski definition) is 5. The lowest BCUT2D eigenvalue weighted by molar-refractivity contribution is -0.215. The molecule has 7 nitrogen and oxygen atoms in total. The maximum Gasteiger partial charge on any atom is 0.434 e. The molecule has 0 amide bonds. The molecular weight excluding hydrogens is 409 g/mol. The van der Waals surface area contributed by atoms with Crippen molar-refractivity contribution in [3.8, 4) is 17.1 Å². The van der Waals surface area contributed by atoms with Gasteiger partial charge in [-0.25, -0.2) is 4.98 Å². The number of rotatable bonds is 4. The van der Waals surface area contributed by atoms with Crippen molar-refractivity contribution in [2.45, 2.75) is 24.9 Å². The van der Waals surface area contributed by atoms with Crippen LogP contribution in [-0.2, 0) is 16.2 Å². The summed E-state index contributed by atoms with van der Waals surface area (Å²) in [6, 6.07) is 6.55. The van der Waals surface area contributed by atoms with E-state index in [1.165, 1.54) is 22.9 Å². The maximum absolute atomic E-state index is 13.2. The van der Waals surface area contributed by atoms with E-state index in [1.54, 1.807) is 19.2 Å². The van der Waals surface area contributed by atoms with E-state index in [0.29, 0.717) is 5.56 Å². The van der Waals surface area contributed by atoms with Gasteiger partial charge >= 0.3 is 6.18 Å². The normalized spacial score (nSPS) is 12.9. The lowest BCUT2D eigenvalue weighted by atomic mass is 10.2. The summed E-state index contributed by atoms with van der Waals surface area (Å²) >= 11 is 0. The molecule has 3 aromatic rings. The second-order valence-corrected chi connectivity index (χ2v) is 7.75. The number of sulfonamides is 1. The first-order chi connectivity index (χ1) is 13.5. The van der Waals surface area contributed by atoms with Crippen molar-refractivity contribution in [1.82, 2.24) is 14.5 Å². The van der Waals surface area contributed by atoms with Crippen LogP contribution in [0.5, 0.6) is 0 Å². The molecule has 11 heteroatoms. The first kappa shape index (κ1) is 20.5. The smallest absolute Gasteiger partial charge is 0.434 e. The van der Waals surface area contributed by atoms with Crippen molar-refractivity contribution >= 4 is 15.9 Å². The van der Waals surface area contributed by atoms with Gasteiger partial charge in [-0.2, -0.15) is 26.0 Å². The van der Waals surface area contributed by atoms with Gasteiger partial charge in [-0.05, 0) is 55.6 Å². The number of aryl methyl sites for hydroxylation is 1. The number of alkyl halides is 3. The Morgan fingerprint density at radius 1 is 1.17 bits per heavy atom. The summed E-state index contributed by atoms with van der Waals surface area (Å²) < 4.78 is 67.9. The third-order valence-corrected chi connectivity index (χ3v) is 5.16. The zero-order valence-electron chi connectivity index (χ0n) is 15.2. The van der Waals surface area contributed by atoms with Gasteiger partial charge in [0.15, 0.2) is 5.69 Å². The zero-order chi connectivity index (χ0) is 21.4. The Bertz CT molecular complexity index is 1180. The number of benzene rings is 1. The highest BCUT2D eigenvalue weighted by atomic mass is 32.2. The summed E-state index contributed by atoms with van der Waals surface area (Å²) in [5.41, 5.74) is 0.241. The van der Waals surface area contributed by atoms with Gasteiger partial charge in [-0.15, -0.1) is 0 Å². The van der Waals surface area contributed by atoms with E-state index in [1.807, 2.05) is 0 Å². The van der Waals surface area contributed by atoms with E-state index in [4.69, 9.17) is 0 Å². The largest absolute Gasteiger partial charge is 0.861 e. The van der Waals surface area contributed by atoms with Crippen molar-refractivity contribution in [2.75, 3.05) is 0 Å². The quantitative estimate of drug-likeness (QED) is 0.475. The SMILES string of the molecule is C/C([O-])=N\S(=O)(=O)c1ccc(-n2cc(C(F)(F)F)nc2-c2cncc(C)c2)cc1. The van der Waals surface area contributed by atoms with Crippen LogP contribution >= 0.6 is 0 Å². The number of halogens is 3. The summed E-state index contributed by atoms with van der Waals surface area (Å²) in [7, 11) is -4.18. The number of nitrogens with zero attached hydrogens (tertiary/aromatic N) is 4. The molecule has 0 N–H and O–H groups in total. The molecule has 0 saturated carbocycles. The summed E-state index contributed by atoms with van der Waals surface area (Å²) in [5, 5.41) is 11.0. The second kappa shape index (κ2) is 7.32. The minimum Gasteiger partial charge on any atom is -0.861 e. The molecule has 2 heterocycles. The molecule has 0 aliphatic heterocycles. The fourth-order valence-electron chi connectivity index (χ4n) is 2.60. The molecular formula is C18H14F3N4O3S-. The van der Waals surface area contributed by atoms with Crippen LogP contribution in [0.1, 0.15) is 18.2 Å². The van der Waals surface area contributed by atoms with Crippen LogP contribution in [0.2, 0.25) is 0 Å². The summed E-state index contributed by atoms with van der Waals surface area (Å²) in [5.74, 6) is -0.884. The molecule has 0 radical (unpaired) electrons. The molecule has 0 fully saturated rings. The van der Waals surface area contributed by atoms with Gasteiger partial charge in [0.25, 0.3) is 10.0 Å². The highest BCUT2D eigenvalue weighted by Crippen LogP contribution is 2.32. The lowest BCUT2D eigenvalue weighted by Gasteiger charge is -2.09. The van der Waals surface area contributed by atoms with Gasteiger partial charge in [-0.3, -0.25) is 9.55 Å². The molecule has 0 aliphatic rings. The maximum atomic E-state index is 13.2. The Morgan fingerprint density at radius 3 is 2.38 bits per heavy atom. The molecule has 29 heavy (non-hydrogen) atoms. The predicted molar refractivity (Wildman–Crippen MR) is 96.8 cm³/mol. The Morgan fingerprint density at radius 2 is 1.83 bits per heavy atom. The summed E-state index contributed by atoms with van der Waals surface area (Å²) in [6.07, 6.45) is -0.905. The van der Waals surface area contributed by atoms with E-state index in [2.05, 4.69) is 14.4 Å². The molecule has 0 aliphatic carbocycles. The fraction of sp³-hybridized carbons (Fsp3) is 0.167. The van der Waals surface area contributed by atoms with Gasteiger partial charge in [0.2, 0.25) is 0 Å². The highest BCUT2D eigenvalue weighted by molar-refractivity contribution is 7.90. The van der Waals surface area contributed by atoms with E-state index in [-0.39, 0.29) is 16.4 Å². The van der Waals surface area contributed by atoms with Gasteiger partial charge < -0.3 is 5.11 Å².